The van der Waals surface area contributed by atoms with E-state index in [1.165, 1.54) is 7.11 Å². The lowest BCUT2D eigenvalue weighted by Gasteiger charge is -2.28. The summed E-state index contributed by atoms with van der Waals surface area (Å²) in [5.74, 6) is -0.545. The van der Waals surface area contributed by atoms with Crippen LogP contribution in [0.1, 0.15) is 68.2 Å². The monoisotopic (exact) mass is 481 g/mol. The van der Waals surface area contributed by atoms with Gasteiger partial charge in [0.1, 0.15) is 0 Å². The maximum atomic E-state index is 12.8. The average molecular weight is 482 g/mol. The van der Waals surface area contributed by atoms with Gasteiger partial charge >= 0.3 is 5.97 Å². The van der Waals surface area contributed by atoms with Crippen LogP contribution in [0.4, 0.5) is 0 Å². The molecule has 2 amide bonds. The first-order valence-electron chi connectivity index (χ1n) is 12.4. The lowest BCUT2D eigenvalue weighted by molar-refractivity contribution is -0.141. The van der Waals surface area contributed by atoms with E-state index in [1.54, 1.807) is 0 Å². The maximum Gasteiger partial charge on any atom is 0.319 e. The predicted octanol–water partition coefficient (Wildman–Crippen LogP) is 1.03. The van der Waals surface area contributed by atoms with Crippen molar-refractivity contribution in [2.45, 2.75) is 90.4 Å². The highest BCUT2D eigenvalue weighted by Gasteiger charge is 2.48. The standard InChI is InChI=1S/C25H47N5O4/c1-22(2)14-17(24(5,6)28-22)20(32)26-10-12-30(16-19(31)34-9)13-11-27-21(33)18-15-23(3,4)29-25(18,7)8/h17-18,28-29H,10-16H2,1-9H3,(H,26,32)(H,27,33). The molecule has 2 rings (SSSR count). The van der Waals surface area contributed by atoms with E-state index in [0.29, 0.717) is 26.2 Å². The summed E-state index contributed by atoms with van der Waals surface area (Å²) < 4.78 is 4.83. The van der Waals surface area contributed by atoms with E-state index in [1.807, 2.05) is 4.90 Å². The molecule has 0 saturated carbocycles. The number of hydrogen-bond donors (Lipinski definition) is 4. The SMILES string of the molecule is COC(=O)CN(CCNC(=O)C1CC(C)(C)NC1(C)C)CCNC(=O)C1CC(C)(C)NC1(C)C. The van der Waals surface area contributed by atoms with Gasteiger partial charge in [0.25, 0.3) is 0 Å². The third-order valence-electron chi connectivity index (χ3n) is 7.16. The molecule has 9 nitrogen and oxygen atoms in total. The summed E-state index contributed by atoms with van der Waals surface area (Å²) in [6.07, 6.45) is 1.54. The average Bonchev–Trinajstić information content (AvgIpc) is 3.05. The molecule has 0 aromatic rings. The van der Waals surface area contributed by atoms with E-state index in [0.717, 1.165) is 12.8 Å². The first-order valence-corrected chi connectivity index (χ1v) is 12.4. The Balaban J connectivity index is 1.85. The molecule has 34 heavy (non-hydrogen) atoms. The molecule has 2 fully saturated rings. The molecule has 0 aromatic heterocycles. The molecule has 2 atom stereocenters. The summed E-state index contributed by atoms with van der Waals surface area (Å²) in [7, 11) is 1.36. The minimum Gasteiger partial charge on any atom is -0.468 e. The smallest absolute Gasteiger partial charge is 0.319 e. The number of esters is 1. The van der Waals surface area contributed by atoms with Crippen molar-refractivity contribution in [3.05, 3.63) is 0 Å². The summed E-state index contributed by atoms with van der Waals surface area (Å²) in [5, 5.41) is 13.1. The first kappa shape index (κ1) is 28.5. The van der Waals surface area contributed by atoms with E-state index in [-0.39, 0.29) is 58.3 Å². The van der Waals surface area contributed by atoms with Crippen molar-refractivity contribution in [3.63, 3.8) is 0 Å². The van der Waals surface area contributed by atoms with Crippen LogP contribution in [0.15, 0.2) is 0 Å². The molecule has 9 heteroatoms. The summed E-state index contributed by atoms with van der Waals surface area (Å²) in [4.78, 5) is 39.5. The number of amides is 2. The molecule has 196 valence electrons. The van der Waals surface area contributed by atoms with Crippen molar-refractivity contribution in [2.75, 3.05) is 39.8 Å². The van der Waals surface area contributed by atoms with Crippen LogP contribution >= 0.6 is 0 Å². The molecule has 2 saturated heterocycles. The molecule has 2 heterocycles. The van der Waals surface area contributed by atoms with Crippen molar-refractivity contribution >= 4 is 17.8 Å². The molecule has 0 aromatic carbocycles. The Bertz CT molecular complexity index is 708. The van der Waals surface area contributed by atoms with Gasteiger partial charge in [-0.2, -0.15) is 0 Å². The Morgan fingerprint density at radius 3 is 1.47 bits per heavy atom. The van der Waals surface area contributed by atoms with Gasteiger partial charge in [-0.1, -0.05) is 0 Å². The first-order chi connectivity index (χ1) is 15.5. The van der Waals surface area contributed by atoms with Gasteiger partial charge in [0.15, 0.2) is 0 Å². The third-order valence-corrected chi connectivity index (χ3v) is 7.16. The van der Waals surface area contributed by atoms with Gasteiger partial charge in [0.05, 0.1) is 25.5 Å². The van der Waals surface area contributed by atoms with Crippen molar-refractivity contribution in [3.8, 4) is 0 Å². The number of nitrogens with one attached hydrogen (secondary N) is 4. The molecule has 2 aliphatic rings. The number of nitrogens with zero attached hydrogens (tertiary/aromatic N) is 1. The number of methoxy groups -OCH3 is 1. The lowest BCUT2D eigenvalue weighted by atomic mass is 9.86. The number of carbonyl (C=O) groups is 3. The van der Waals surface area contributed by atoms with Crippen LogP contribution in [0.2, 0.25) is 0 Å². The summed E-state index contributed by atoms with van der Waals surface area (Å²) in [6, 6.07) is 0. The Labute approximate surface area is 205 Å². The minimum absolute atomic E-state index is 0.0213. The van der Waals surface area contributed by atoms with Gasteiger partial charge in [0, 0.05) is 48.3 Å². The second-order valence-electron chi connectivity index (χ2n) is 12.4. The topological polar surface area (TPSA) is 112 Å². The number of hydrogen-bond acceptors (Lipinski definition) is 7. The van der Waals surface area contributed by atoms with E-state index >= 15 is 0 Å². The summed E-state index contributed by atoms with van der Waals surface area (Å²) >= 11 is 0. The molecule has 0 radical (unpaired) electrons. The van der Waals surface area contributed by atoms with Crippen molar-refractivity contribution < 1.29 is 19.1 Å². The molecular formula is C25H47N5O4. The zero-order valence-corrected chi connectivity index (χ0v) is 22.7. The van der Waals surface area contributed by atoms with Gasteiger partial charge in [-0.05, 0) is 68.2 Å². The zero-order valence-electron chi connectivity index (χ0n) is 22.7. The van der Waals surface area contributed by atoms with Gasteiger partial charge in [-0.15, -0.1) is 0 Å². The fourth-order valence-corrected chi connectivity index (χ4v) is 5.83. The van der Waals surface area contributed by atoms with Crippen molar-refractivity contribution in [2.24, 2.45) is 11.8 Å². The number of carbonyl (C=O) groups excluding carboxylic acids is 3. The lowest BCUT2D eigenvalue weighted by Crippen LogP contribution is -2.50. The van der Waals surface area contributed by atoms with E-state index in [4.69, 9.17) is 4.74 Å². The van der Waals surface area contributed by atoms with Crippen LogP contribution < -0.4 is 21.3 Å². The second-order valence-corrected chi connectivity index (χ2v) is 12.4. The van der Waals surface area contributed by atoms with Crippen LogP contribution in [0.3, 0.4) is 0 Å². The number of rotatable bonds is 10. The Morgan fingerprint density at radius 2 is 1.18 bits per heavy atom. The van der Waals surface area contributed by atoms with Crippen LogP contribution in [0, 0.1) is 11.8 Å². The molecule has 2 aliphatic heterocycles. The maximum absolute atomic E-state index is 12.8. The fourth-order valence-electron chi connectivity index (χ4n) is 5.83. The zero-order chi connectivity index (χ0) is 25.9. The van der Waals surface area contributed by atoms with Gasteiger partial charge in [-0.25, -0.2) is 0 Å². The highest BCUT2D eigenvalue weighted by atomic mass is 16.5. The van der Waals surface area contributed by atoms with E-state index in [9.17, 15) is 14.4 Å². The van der Waals surface area contributed by atoms with Gasteiger partial charge in [0.2, 0.25) is 11.8 Å². The Morgan fingerprint density at radius 1 is 0.794 bits per heavy atom. The second kappa shape index (κ2) is 10.5. The molecule has 4 N–H and O–H groups in total. The molecular weight excluding hydrogens is 434 g/mol. The van der Waals surface area contributed by atoms with Gasteiger partial charge < -0.3 is 26.0 Å². The van der Waals surface area contributed by atoms with Crippen molar-refractivity contribution in [1.82, 2.24) is 26.2 Å². The molecule has 0 aliphatic carbocycles. The van der Waals surface area contributed by atoms with E-state index < -0.39 is 0 Å². The van der Waals surface area contributed by atoms with Crippen LogP contribution in [0.5, 0.6) is 0 Å². The fraction of sp³-hybridized carbons (Fsp3) is 0.880. The van der Waals surface area contributed by atoms with Crippen LogP contribution in [0.25, 0.3) is 0 Å². The van der Waals surface area contributed by atoms with E-state index in [2.05, 4.69) is 76.7 Å². The summed E-state index contributed by atoms with van der Waals surface area (Å²) in [6.45, 7) is 18.6. The largest absolute Gasteiger partial charge is 0.468 e. The third kappa shape index (κ3) is 7.65. The van der Waals surface area contributed by atoms with Gasteiger partial charge in [-0.3, -0.25) is 19.3 Å². The molecule has 0 bridgehead atoms. The van der Waals surface area contributed by atoms with Crippen LogP contribution in [-0.4, -0.2) is 84.7 Å². The predicted molar refractivity (Wildman–Crippen MR) is 133 cm³/mol. The Kier molecular flexibility index (Phi) is 8.81. The quantitative estimate of drug-likeness (QED) is 0.345. The summed E-state index contributed by atoms with van der Waals surface area (Å²) in [5.41, 5.74) is -0.722. The Hall–Kier alpha value is -1.71. The highest BCUT2D eigenvalue weighted by Crippen LogP contribution is 2.36. The molecule has 0 spiro atoms. The highest BCUT2D eigenvalue weighted by molar-refractivity contribution is 5.81. The minimum atomic E-state index is -0.344. The van der Waals surface area contributed by atoms with Crippen molar-refractivity contribution in [1.29, 1.82) is 0 Å². The normalized spacial score (nSPS) is 26.3. The van der Waals surface area contributed by atoms with Crippen LogP contribution in [-0.2, 0) is 19.1 Å². The molecule has 2 unspecified atom stereocenters. The number of ether oxygens (including phenoxy) is 1.